The van der Waals surface area contributed by atoms with Crippen LogP contribution in [0.3, 0.4) is 0 Å². The van der Waals surface area contributed by atoms with Crippen LogP contribution in [0.15, 0.2) is 0 Å². The summed E-state index contributed by atoms with van der Waals surface area (Å²) in [6, 6.07) is 0. The van der Waals surface area contributed by atoms with Gasteiger partial charge in [-0.25, -0.2) is 4.79 Å². The molecule has 0 saturated heterocycles. The molecule has 0 rings (SSSR count). The van der Waals surface area contributed by atoms with Gasteiger partial charge >= 0.3 is 6.16 Å². The van der Waals surface area contributed by atoms with Crippen molar-refractivity contribution in [3.8, 4) is 0 Å². The first-order chi connectivity index (χ1) is 18.9. The second-order valence-electron chi connectivity index (χ2n) is 12.1. The van der Waals surface area contributed by atoms with Gasteiger partial charge in [-0.1, -0.05) is 103 Å². The summed E-state index contributed by atoms with van der Waals surface area (Å²) in [6.45, 7) is 6.30. The number of unbranched alkanes of at least 4 members (excludes halogenated alkanes) is 15. The van der Waals surface area contributed by atoms with Crippen molar-refractivity contribution >= 4 is 14.0 Å². The summed E-state index contributed by atoms with van der Waals surface area (Å²) in [5.41, 5.74) is 0. The number of phosphoric ester groups is 1. The Bertz CT molecular complexity index is 642. The van der Waals surface area contributed by atoms with Crippen molar-refractivity contribution < 1.29 is 42.0 Å². The fourth-order valence-electron chi connectivity index (χ4n) is 4.08. The van der Waals surface area contributed by atoms with Gasteiger partial charge in [-0.3, -0.25) is 4.57 Å². The van der Waals surface area contributed by atoms with Crippen LogP contribution in [0.4, 0.5) is 4.79 Å². The van der Waals surface area contributed by atoms with Gasteiger partial charge < -0.3 is 32.6 Å². The molecule has 0 aliphatic heterocycles. The second-order valence-corrected chi connectivity index (χ2v) is 13.5. The van der Waals surface area contributed by atoms with Gasteiger partial charge in [-0.2, -0.15) is 0 Å². The van der Waals surface area contributed by atoms with Crippen LogP contribution < -0.4 is 4.89 Å². The molecular weight excluding hydrogens is 533 g/mol. The lowest BCUT2D eigenvalue weighted by Gasteiger charge is -2.28. The molecule has 9 nitrogen and oxygen atoms in total. The van der Waals surface area contributed by atoms with Gasteiger partial charge in [0.15, 0.2) is 6.10 Å². The highest BCUT2D eigenvalue weighted by Crippen LogP contribution is 2.38. The number of phosphoric acid groups is 1. The van der Waals surface area contributed by atoms with Crippen LogP contribution in [0.25, 0.3) is 0 Å². The molecule has 0 N–H and O–H groups in total. The van der Waals surface area contributed by atoms with Crippen LogP contribution in [-0.4, -0.2) is 77.0 Å². The lowest BCUT2D eigenvalue weighted by molar-refractivity contribution is -0.870. The Labute approximate surface area is 245 Å². The predicted molar refractivity (Wildman–Crippen MR) is 159 cm³/mol. The van der Waals surface area contributed by atoms with Crippen LogP contribution in [0, 0.1) is 0 Å². The molecule has 0 amide bonds. The number of quaternary nitrogens is 1. The molecule has 0 fully saturated rings. The maximum atomic E-state index is 12.1. The van der Waals surface area contributed by atoms with Gasteiger partial charge in [0.05, 0.1) is 40.5 Å². The molecule has 0 radical (unpaired) electrons. The lowest BCUT2D eigenvalue weighted by Crippen LogP contribution is -2.37. The Morgan fingerprint density at radius 3 is 1.62 bits per heavy atom. The summed E-state index contributed by atoms with van der Waals surface area (Å²) < 4.78 is 38.4. The fraction of sp³-hybridized carbons (Fsp3) is 0.967. The Hall–Kier alpha value is -0.700. The molecule has 0 aromatic rings. The number of nitrogens with zero attached hydrogens (tertiary/aromatic N) is 1. The van der Waals surface area contributed by atoms with Gasteiger partial charge in [0.2, 0.25) is 0 Å². The van der Waals surface area contributed by atoms with Gasteiger partial charge in [-0.15, -0.1) is 0 Å². The highest BCUT2D eigenvalue weighted by Gasteiger charge is 2.21. The molecule has 10 heteroatoms. The second kappa shape index (κ2) is 24.9. The number of ether oxygens (including phenoxy) is 3. The first kappa shape index (κ1) is 39.3. The Morgan fingerprint density at radius 2 is 1.18 bits per heavy atom. The number of carbonyl (C=O) groups is 1. The van der Waals surface area contributed by atoms with Crippen LogP contribution in [0.5, 0.6) is 0 Å². The number of rotatable bonds is 28. The van der Waals surface area contributed by atoms with E-state index in [0.717, 1.165) is 12.8 Å². The lowest BCUT2D eigenvalue weighted by atomic mass is 10.0. The first-order valence-corrected chi connectivity index (χ1v) is 17.3. The molecule has 0 bridgehead atoms. The van der Waals surface area contributed by atoms with Crippen molar-refractivity contribution in [2.75, 3.05) is 54.1 Å². The van der Waals surface area contributed by atoms with E-state index in [0.29, 0.717) is 17.6 Å². The van der Waals surface area contributed by atoms with E-state index >= 15 is 0 Å². The molecule has 0 aliphatic rings. The minimum absolute atomic E-state index is 0.000940. The number of hydrogen-bond donors (Lipinski definition) is 0. The molecule has 2 unspecified atom stereocenters. The fourth-order valence-corrected chi connectivity index (χ4v) is 4.81. The molecule has 0 spiro atoms. The Kier molecular flexibility index (Phi) is 24.4. The molecule has 0 aromatic carbocycles. The highest BCUT2D eigenvalue weighted by molar-refractivity contribution is 7.45. The van der Waals surface area contributed by atoms with Crippen molar-refractivity contribution in [2.24, 2.45) is 0 Å². The van der Waals surface area contributed by atoms with Gasteiger partial charge in [0.25, 0.3) is 7.82 Å². The standard InChI is InChI=1S/C30H62NO8P/c1-7-8-9-10-11-12-13-14-15-16-17-18-19-20-21-22-24-35-26-29(39-30(32)38-28(2)3)27-37-40(33,34)36-25-23-31(4,5)6/h28-29H,7-27H2,1-6H3. The summed E-state index contributed by atoms with van der Waals surface area (Å²) >= 11 is 0. The molecule has 0 heterocycles. The van der Waals surface area contributed by atoms with Crippen LogP contribution in [0.1, 0.15) is 124 Å². The van der Waals surface area contributed by atoms with Crippen molar-refractivity contribution in [1.29, 1.82) is 0 Å². The van der Waals surface area contributed by atoms with E-state index in [1.165, 1.54) is 89.9 Å². The van der Waals surface area contributed by atoms with E-state index in [1.807, 2.05) is 21.1 Å². The highest BCUT2D eigenvalue weighted by atomic mass is 31.2. The minimum Gasteiger partial charge on any atom is -0.756 e. The van der Waals surface area contributed by atoms with E-state index in [-0.39, 0.29) is 19.3 Å². The van der Waals surface area contributed by atoms with Crippen molar-refractivity contribution in [3.05, 3.63) is 0 Å². The average Bonchev–Trinajstić information content (AvgIpc) is 2.85. The summed E-state index contributed by atoms with van der Waals surface area (Å²) in [4.78, 5) is 24.0. The minimum atomic E-state index is -4.53. The molecule has 0 aliphatic carbocycles. The van der Waals surface area contributed by atoms with E-state index in [1.54, 1.807) is 13.8 Å². The van der Waals surface area contributed by atoms with Gasteiger partial charge in [0, 0.05) is 6.61 Å². The van der Waals surface area contributed by atoms with E-state index in [2.05, 4.69) is 6.92 Å². The van der Waals surface area contributed by atoms with E-state index in [4.69, 9.17) is 23.3 Å². The third kappa shape index (κ3) is 28.8. The summed E-state index contributed by atoms with van der Waals surface area (Å²) in [5.74, 6) is 0. The topological polar surface area (TPSA) is 103 Å². The quantitative estimate of drug-likeness (QED) is 0.0399. The van der Waals surface area contributed by atoms with Crippen molar-refractivity contribution in [3.63, 3.8) is 0 Å². The Morgan fingerprint density at radius 1 is 0.700 bits per heavy atom. The number of carbonyl (C=O) groups excluding carboxylic acids is 1. The average molecular weight is 596 g/mol. The van der Waals surface area contributed by atoms with E-state index < -0.39 is 26.7 Å². The number of hydrogen-bond acceptors (Lipinski definition) is 8. The maximum absolute atomic E-state index is 12.1. The molecule has 2 atom stereocenters. The van der Waals surface area contributed by atoms with Gasteiger partial charge in [-0.05, 0) is 20.3 Å². The van der Waals surface area contributed by atoms with E-state index in [9.17, 15) is 14.3 Å². The normalized spacial score (nSPS) is 14.3. The largest absolute Gasteiger partial charge is 0.756 e. The van der Waals surface area contributed by atoms with Crippen LogP contribution in [-0.2, 0) is 27.8 Å². The maximum Gasteiger partial charge on any atom is 0.508 e. The molecule has 40 heavy (non-hydrogen) atoms. The van der Waals surface area contributed by atoms with Crippen LogP contribution >= 0.6 is 7.82 Å². The zero-order chi connectivity index (χ0) is 30.1. The van der Waals surface area contributed by atoms with Crippen LogP contribution in [0.2, 0.25) is 0 Å². The third-order valence-corrected chi connectivity index (χ3v) is 7.43. The predicted octanol–water partition coefficient (Wildman–Crippen LogP) is 7.40. The first-order valence-electron chi connectivity index (χ1n) is 15.8. The molecule has 0 saturated carbocycles. The van der Waals surface area contributed by atoms with Gasteiger partial charge in [0.1, 0.15) is 13.2 Å². The van der Waals surface area contributed by atoms with Crippen molar-refractivity contribution in [1.82, 2.24) is 0 Å². The summed E-state index contributed by atoms with van der Waals surface area (Å²) in [5, 5.41) is 0. The zero-order valence-corrected chi connectivity index (χ0v) is 27.6. The zero-order valence-electron chi connectivity index (χ0n) is 26.7. The number of likely N-dealkylation sites (N-methyl/N-ethyl adjacent to an activating group) is 1. The SMILES string of the molecule is CCCCCCCCCCCCCCCCCCOCC(COP(=O)([O-])OCC[N+](C)(C)C)OC(=O)OC(C)C. The summed E-state index contributed by atoms with van der Waals surface area (Å²) in [7, 11) is 1.26. The smallest absolute Gasteiger partial charge is 0.508 e. The van der Waals surface area contributed by atoms with Crippen molar-refractivity contribution in [2.45, 2.75) is 136 Å². The Balaban J connectivity index is 3.97. The monoisotopic (exact) mass is 595 g/mol. The molecular formula is C30H62NO8P. The molecule has 0 aromatic heterocycles. The summed E-state index contributed by atoms with van der Waals surface area (Å²) in [6.07, 6.45) is 18.6. The third-order valence-electron chi connectivity index (χ3n) is 6.47. The molecule has 240 valence electrons.